The number of nitrogens with zero attached hydrogens (tertiary/aromatic N) is 6. The van der Waals surface area contributed by atoms with Crippen molar-refractivity contribution < 1.29 is 0 Å². The van der Waals surface area contributed by atoms with E-state index in [9.17, 15) is 0 Å². The van der Waals surface area contributed by atoms with Crippen LogP contribution in [0, 0.1) is 0 Å². The van der Waals surface area contributed by atoms with Gasteiger partial charge in [0, 0.05) is 60.8 Å². The third-order valence-corrected chi connectivity index (χ3v) is 6.31. The second kappa shape index (κ2) is 7.59. The minimum absolute atomic E-state index is 0.217. The third-order valence-electron chi connectivity index (χ3n) is 6.31. The first kappa shape index (κ1) is 19.9. The molecule has 0 spiro atoms. The molecule has 0 radical (unpaired) electrons. The maximum atomic E-state index is 5.88. The Kier molecular flexibility index (Phi) is 4.87. The second-order valence-electron chi connectivity index (χ2n) is 8.98. The molecule has 0 aliphatic carbocycles. The van der Waals surface area contributed by atoms with E-state index in [2.05, 4.69) is 66.2 Å². The summed E-state index contributed by atoms with van der Waals surface area (Å²) in [5, 5.41) is 9.32. The van der Waals surface area contributed by atoms with Crippen molar-refractivity contribution in [1.82, 2.24) is 29.3 Å². The highest BCUT2D eigenvalue weighted by atomic mass is 15.3. The van der Waals surface area contributed by atoms with Crippen molar-refractivity contribution in [1.29, 1.82) is 0 Å². The highest BCUT2D eigenvalue weighted by Crippen LogP contribution is 2.36. The largest absolute Gasteiger partial charge is 0.325 e. The summed E-state index contributed by atoms with van der Waals surface area (Å²) in [5.41, 5.74) is 12.4. The minimum Gasteiger partial charge on any atom is -0.325 e. The molecule has 160 valence electrons. The molecule has 3 aromatic heterocycles. The summed E-state index contributed by atoms with van der Waals surface area (Å²) >= 11 is 0. The molecule has 0 amide bonds. The molecule has 2 N–H and O–H groups in total. The summed E-state index contributed by atoms with van der Waals surface area (Å²) in [5.74, 6) is 0. The maximum Gasteiger partial charge on any atom is 0.159 e. The van der Waals surface area contributed by atoms with Crippen LogP contribution in [0.25, 0.3) is 11.3 Å². The number of aryl methyl sites for hydroxylation is 1. The van der Waals surface area contributed by atoms with Crippen LogP contribution >= 0.6 is 0 Å². The zero-order valence-electron chi connectivity index (χ0n) is 18.4. The van der Waals surface area contributed by atoms with Gasteiger partial charge in [0.1, 0.15) is 0 Å². The van der Waals surface area contributed by atoms with E-state index in [4.69, 9.17) is 10.8 Å². The molecule has 4 aromatic rings. The smallest absolute Gasteiger partial charge is 0.159 e. The van der Waals surface area contributed by atoms with E-state index in [1.165, 1.54) is 16.7 Å². The van der Waals surface area contributed by atoms with E-state index >= 15 is 0 Å². The Labute approximate surface area is 182 Å². The van der Waals surface area contributed by atoms with E-state index in [1.807, 2.05) is 33.9 Å². The number of aromatic nitrogens is 5. The summed E-state index contributed by atoms with van der Waals surface area (Å²) in [7, 11) is 0. The number of nitrogens with two attached hydrogens (primary N) is 1. The Balaban J connectivity index is 1.42. The molecule has 0 atom stereocenters. The standard InChI is InChI=1S/C24H29N7/c1-4-21-22(23-26-10-5-11-30(23)28-21)24(2,3)18-6-8-20(9-7-18)31-14-17(12-27-31)13-29-15-19(25)16-29/h5-12,14,19H,4,13,15-16,25H2,1-3H3. The van der Waals surface area contributed by atoms with E-state index < -0.39 is 0 Å². The summed E-state index contributed by atoms with van der Waals surface area (Å²) in [6, 6.07) is 10.9. The molecule has 7 heteroatoms. The van der Waals surface area contributed by atoms with Crippen LogP contribution in [-0.4, -0.2) is 48.4 Å². The molecule has 1 aliphatic heterocycles. The first-order valence-electron chi connectivity index (χ1n) is 10.9. The van der Waals surface area contributed by atoms with Crippen LogP contribution in [0.15, 0.2) is 55.1 Å². The Morgan fingerprint density at radius 2 is 1.94 bits per heavy atom. The van der Waals surface area contributed by atoms with Crippen molar-refractivity contribution >= 4 is 5.65 Å². The summed E-state index contributed by atoms with van der Waals surface area (Å²) in [4.78, 5) is 6.96. The van der Waals surface area contributed by atoms with Crippen molar-refractivity contribution in [2.75, 3.05) is 13.1 Å². The lowest BCUT2D eigenvalue weighted by Crippen LogP contribution is -2.54. The monoisotopic (exact) mass is 415 g/mol. The number of benzene rings is 1. The quantitative estimate of drug-likeness (QED) is 0.524. The molecular weight excluding hydrogens is 386 g/mol. The number of likely N-dealkylation sites (tertiary alicyclic amines) is 1. The molecule has 0 unspecified atom stereocenters. The number of hydrogen-bond acceptors (Lipinski definition) is 5. The number of rotatable bonds is 6. The van der Waals surface area contributed by atoms with Gasteiger partial charge in [-0.15, -0.1) is 0 Å². The molecule has 7 nitrogen and oxygen atoms in total. The van der Waals surface area contributed by atoms with Crippen LogP contribution in [-0.2, 0) is 18.4 Å². The van der Waals surface area contributed by atoms with Gasteiger partial charge in [-0.1, -0.05) is 32.9 Å². The van der Waals surface area contributed by atoms with Gasteiger partial charge in [0.25, 0.3) is 0 Å². The predicted octanol–water partition coefficient (Wildman–Crippen LogP) is 2.95. The van der Waals surface area contributed by atoms with E-state index in [0.717, 1.165) is 43.1 Å². The van der Waals surface area contributed by atoms with Crippen molar-refractivity contribution in [3.63, 3.8) is 0 Å². The molecule has 1 aliphatic rings. The lowest BCUT2D eigenvalue weighted by atomic mass is 9.77. The van der Waals surface area contributed by atoms with E-state index in [1.54, 1.807) is 0 Å². The highest BCUT2D eigenvalue weighted by molar-refractivity contribution is 5.58. The number of fused-ring (bicyclic) bond motifs is 1. The van der Waals surface area contributed by atoms with E-state index in [0.29, 0.717) is 6.04 Å². The van der Waals surface area contributed by atoms with Crippen molar-refractivity contribution in [3.05, 3.63) is 77.5 Å². The van der Waals surface area contributed by atoms with Crippen LogP contribution in [0.2, 0.25) is 0 Å². The van der Waals surface area contributed by atoms with Gasteiger partial charge in [-0.25, -0.2) is 14.2 Å². The average Bonchev–Trinajstić information content (AvgIpc) is 3.37. The Bertz CT molecular complexity index is 1200. The van der Waals surface area contributed by atoms with Gasteiger partial charge in [-0.2, -0.15) is 10.2 Å². The topological polar surface area (TPSA) is 77.3 Å². The first-order valence-corrected chi connectivity index (χ1v) is 10.9. The van der Waals surface area contributed by atoms with Gasteiger partial charge >= 0.3 is 0 Å². The molecule has 1 saturated heterocycles. The fraction of sp³-hybridized carbons (Fsp3) is 0.375. The lowest BCUT2D eigenvalue weighted by Gasteiger charge is -2.36. The SMILES string of the molecule is CCc1nn2cccnc2c1C(C)(C)c1ccc(-n2cc(CN3CC(N)C3)cn2)cc1. The molecule has 31 heavy (non-hydrogen) atoms. The van der Waals surface area contributed by atoms with Crippen LogP contribution < -0.4 is 5.73 Å². The van der Waals surface area contributed by atoms with Gasteiger partial charge in [0.05, 0.1) is 17.6 Å². The molecule has 4 heterocycles. The van der Waals surface area contributed by atoms with E-state index in [-0.39, 0.29) is 5.41 Å². The van der Waals surface area contributed by atoms with Crippen LogP contribution in [0.5, 0.6) is 0 Å². The van der Waals surface area contributed by atoms with Crippen molar-refractivity contribution in [2.45, 2.75) is 45.2 Å². The maximum absolute atomic E-state index is 5.88. The Hall–Kier alpha value is -3.03. The second-order valence-corrected chi connectivity index (χ2v) is 8.98. The summed E-state index contributed by atoms with van der Waals surface area (Å²) in [6.45, 7) is 9.47. The fourth-order valence-electron chi connectivity index (χ4n) is 4.58. The fourth-order valence-corrected chi connectivity index (χ4v) is 4.58. The van der Waals surface area contributed by atoms with Gasteiger partial charge in [0.15, 0.2) is 5.65 Å². The van der Waals surface area contributed by atoms with Crippen LogP contribution in [0.4, 0.5) is 0 Å². The summed E-state index contributed by atoms with van der Waals surface area (Å²) < 4.78 is 3.83. The zero-order chi connectivity index (χ0) is 21.6. The minimum atomic E-state index is -0.217. The van der Waals surface area contributed by atoms with Crippen LogP contribution in [0.3, 0.4) is 0 Å². The summed E-state index contributed by atoms with van der Waals surface area (Å²) in [6.07, 6.45) is 8.72. The molecule has 0 saturated carbocycles. The highest BCUT2D eigenvalue weighted by Gasteiger charge is 2.31. The van der Waals surface area contributed by atoms with Crippen LogP contribution in [0.1, 0.15) is 43.2 Å². The predicted molar refractivity (Wildman–Crippen MR) is 121 cm³/mol. The van der Waals surface area contributed by atoms with Crippen molar-refractivity contribution in [2.24, 2.45) is 5.73 Å². The molecular formula is C24H29N7. The molecule has 1 aromatic carbocycles. The van der Waals surface area contributed by atoms with Crippen molar-refractivity contribution in [3.8, 4) is 5.69 Å². The lowest BCUT2D eigenvalue weighted by molar-refractivity contribution is 0.142. The Morgan fingerprint density at radius 1 is 1.16 bits per heavy atom. The normalized spacial score (nSPS) is 15.5. The Morgan fingerprint density at radius 3 is 2.65 bits per heavy atom. The van der Waals surface area contributed by atoms with Gasteiger partial charge in [0.2, 0.25) is 0 Å². The molecule has 1 fully saturated rings. The zero-order valence-corrected chi connectivity index (χ0v) is 18.4. The van der Waals surface area contributed by atoms with Gasteiger partial charge in [-0.05, 0) is 30.2 Å². The molecule has 5 rings (SSSR count). The van der Waals surface area contributed by atoms with Gasteiger partial charge in [-0.3, -0.25) is 4.90 Å². The third kappa shape index (κ3) is 3.54. The first-order chi connectivity index (χ1) is 15.0. The number of hydrogen-bond donors (Lipinski definition) is 1. The van der Waals surface area contributed by atoms with Gasteiger partial charge < -0.3 is 5.73 Å². The average molecular weight is 416 g/mol. The molecule has 0 bridgehead atoms.